The molecule has 0 aromatic heterocycles. The van der Waals surface area contributed by atoms with Crippen LogP contribution in [0, 0.1) is 5.82 Å². The van der Waals surface area contributed by atoms with E-state index in [1.165, 1.54) is 19.1 Å². The summed E-state index contributed by atoms with van der Waals surface area (Å²) in [5.41, 5.74) is 1.95. The number of carbonyl (C=O) groups excluding carboxylic acids is 2. The Kier molecular flexibility index (Phi) is 5.63. The van der Waals surface area contributed by atoms with E-state index >= 15 is 0 Å². The zero-order chi connectivity index (χ0) is 16.7. The lowest BCUT2D eigenvalue weighted by Gasteiger charge is -2.04. The first-order valence-electron chi connectivity index (χ1n) is 7.11. The molecular formula is C18H17FN2O2. The van der Waals surface area contributed by atoms with Crippen LogP contribution in [-0.4, -0.2) is 11.8 Å². The van der Waals surface area contributed by atoms with Crippen LogP contribution in [0.3, 0.4) is 0 Å². The number of hydrogen-bond donors (Lipinski definition) is 2. The summed E-state index contributed by atoms with van der Waals surface area (Å²) < 4.78 is 13.4. The van der Waals surface area contributed by atoms with Crippen LogP contribution in [-0.2, 0) is 16.1 Å². The fourth-order valence-electron chi connectivity index (χ4n) is 1.94. The third-order valence-corrected chi connectivity index (χ3v) is 3.07. The maximum atomic E-state index is 13.4. The number of amides is 2. The van der Waals surface area contributed by atoms with Crippen molar-refractivity contribution in [2.24, 2.45) is 0 Å². The molecule has 2 N–H and O–H groups in total. The standard InChI is InChI=1S/C18H17FN2O2/c1-13(22)21-16-9-6-14(7-10-16)8-11-18(23)20-12-15-4-2-3-5-17(15)19/h2-11H,12H2,1H3,(H,20,23)(H,21,22)/b11-8+. The predicted octanol–water partition coefficient (Wildman–Crippen LogP) is 3.11. The van der Waals surface area contributed by atoms with Gasteiger partial charge in [0, 0.05) is 30.8 Å². The van der Waals surface area contributed by atoms with Crippen molar-refractivity contribution in [1.82, 2.24) is 5.32 Å². The van der Waals surface area contributed by atoms with E-state index in [0.717, 1.165) is 5.56 Å². The van der Waals surface area contributed by atoms with Gasteiger partial charge in [-0.2, -0.15) is 0 Å². The largest absolute Gasteiger partial charge is 0.348 e. The van der Waals surface area contributed by atoms with Gasteiger partial charge < -0.3 is 10.6 Å². The second-order valence-corrected chi connectivity index (χ2v) is 4.95. The van der Waals surface area contributed by atoms with Crippen molar-refractivity contribution in [1.29, 1.82) is 0 Å². The summed E-state index contributed by atoms with van der Waals surface area (Å²) in [5.74, 6) is -0.787. The van der Waals surface area contributed by atoms with Crippen molar-refractivity contribution in [3.05, 3.63) is 71.6 Å². The van der Waals surface area contributed by atoms with Gasteiger partial charge in [0.1, 0.15) is 5.82 Å². The third kappa shape index (κ3) is 5.39. The maximum absolute atomic E-state index is 13.4. The minimum absolute atomic E-state index is 0.136. The summed E-state index contributed by atoms with van der Waals surface area (Å²) in [4.78, 5) is 22.7. The fourth-order valence-corrected chi connectivity index (χ4v) is 1.94. The van der Waals surface area contributed by atoms with Gasteiger partial charge in [0.05, 0.1) is 0 Å². The Balaban J connectivity index is 1.88. The summed E-state index contributed by atoms with van der Waals surface area (Å²) in [6, 6.07) is 13.4. The lowest BCUT2D eigenvalue weighted by Crippen LogP contribution is -2.20. The molecule has 0 aliphatic rings. The highest BCUT2D eigenvalue weighted by Gasteiger charge is 2.02. The Hall–Kier alpha value is -2.95. The Morgan fingerprint density at radius 1 is 1.09 bits per heavy atom. The van der Waals surface area contributed by atoms with Crippen molar-refractivity contribution in [3.8, 4) is 0 Å². The second kappa shape index (κ2) is 7.89. The number of halogens is 1. The monoisotopic (exact) mass is 312 g/mol. The quantitative estimate of drug-likeness (QED) is 0.833. The Morgan fingerprint density at radius 3 is 2.43 bits per heavy atom. The zero-order valence-corrected chi connectivity index (χ0v) is 12.7. The minimum Gasteiger partial charge on any atom is -0.348 e. The Morgan fingerprint density at radius 2 is 1.78 bits per heavy atom. The van der Waals surface area contributed by atoms with E-state index < -0.39 is 0 Å². The first-order valence-corrected chi connectivity index (χ1v) is 7.11. The first kappa shape index (κ1) is 16.4. The molecule has 2 aromatic rings. The van der Waals surface area contributed by atoms with Crippen molar-refractivity contribution in [2.75, 3.05) is 5.32 Å². The molecule has 0 aliphatic heterocycles. The van der Waals surface area contributed by atoms with E-state index in [1.54, 1.807) is 48.5 Å². The van der Waals surface area contributed by atoms with Gasteiger partial charge in [-0.15, -0.1) is 0 Å². The van der Waals surface area contributed by atoms with Crippen LogP contribution in [0.5, 0.6) is 0 Å². The van der Waals surface area contributed by atoms with Gasteiger partial charge in [-0.1, -0.05) is 30.3 Å². The Bertz CT molecular complexity index is 724. The van der Waals surface area contributed by atoms with Gasteiger partial charge in [0.25, 0.3) is 0 Å². The van der Waals surface area contributed by atoms with Crippen molar-refractivity contribution < 1.29 is 14.0 Å². The molecule has 0 atom stereocenters. The van der Waals surface area contributed by atoms with Gasteiger partial charge in [0.15, 0.2) is 0 Å². The van der Waals surface area contributed by atoms with Crippen LogP contribution in [0.15, 0.2) is 54.6 Å². The molecule has 0 saturated heterocycles. The van der Waals surface area contributed by atoms with Crippen molar-refractivity contribution in [3.63, 3.8) is 0 Å². The molecule has 0 aliphatic carbocycles. The third-order valence-electron chi connectivity index (χ3n) is 3.07. The van der Waals surface area contributed by atoms with E-state index in [4.69, 9.17) is 0 Å². The van der Waals surface area contributed by atoms with Crippen LogP contribution in [0.2, 0.25) is 0 Å². The smallest absolute Gasteiger partial charge is 0.244 e. The number of carbonyl (C=O) groups is 2. The van der Waals surface area contributed by atoms with Crippen LogP contribution in [0.4, 0.5) is 10.1 Å². The van der Waals surface area contributed by atoms with E-state index in [2.05, 4.69) is 10.6 Å². The number of rotatable bonds is 5. The maximum Gasteiger partial charge on any atom is 0.244 e. The normalized spacial score (nSPS) is 10.5. The average molecular weight is 312 g/mol. The van der Waals surface area contributed by atoms with Gasteiger partial charge >= 0.3 is 0 Å². The molecule has 0 unspecified atom stereocenters. The molecule has 5 heteroatoms. The lowest BCUT2D eigenvalue weighted by atomic mass is 10.2. The highest BCUT2D eigenvalue weighted by Crippen LogP contribution is 2.10. The number of nitrogens with one attached hydrogen (secondary N) is 2. The average Bonchev–Trinajstić information content (AvgIpc) is 2.53. The molecule has 0 saturated carbocycles. The fraction of sp³-hybridized carbons (Fsp3) is 0.111. The van der Waals surface area contributed by atoms with E-state index in [0.29, 0.717) is 11.3 Å². The summed E-state index contributed by atoms with van der Waals surface area (Å²) in [5, 5.41) is 5.29. The molecule has 2 amide bonds. The molecule has 0 fully saturated rings. The number of benzene rings is 2. The summed E-state index contributed by atoms with van der Waals surface area (Å²) >= 11 is 0. The van der Waals surface area contributed by atoms with Crippen LogP contribution < -0.4 is 10.6 Å². The van der Waals surface area contributed by atoms with Crippen LogP contribution in [0.25, 0.3) is 6.08 Å². The van der Waals surface area contributed by atoms with Gasteiger partial charge in [-0.25, -0.2) is 4.39 Å². The SMILES string of the molecule is CC(=O)Nc1ccc(/C=C/C(=O)NCc2ccccc2F)cc1. The summed E-state index contributed by atoms with van der Waals surface area (Å²) in [6.45, 7) is 1.57. The molecular weight excluding hydrogens is 295 g/mol. The molecule has 23 heavy (non-hydrogen) atoms. The number of hydrogen-bond acceptors (Lipinski definition) is 2. The van der Waals surface area contributed by atoms with Gasteiger partial charge in [-0.05, 0) is 29.8 Å². The molecule has 0 spiro atoms. The molecule has 2 aromatic carbocycles. The second-order valence-electron chi connectivity index (χ2n) is 4.95. The van der Waals surface area contributed by atoms with E-state index in [9.17, 15) is 14.0 Å². The lowest BCUT2D eigenvalue weighted by molar-refractivity contribution is -0.116. The minimum atomic E-state index is -0.342. The van der Waals surface area contributed by atoms with E-state index in [-0.39, 0.29) is 24.2 Å². The highest BCUT2D eigenvalue weighted by atomic mass is 19.1. The molecule has 0 radical (unpaired) electrons. The van der Waals surface area contributed by atoms with Crippen molar-refractivity contribution in [2.45, 2.75) is 13.5 Å². The van der Waals surface area contributed by atoms with Crippen LogP contribution in [0.1, 0.15) is 18.1 Å². The number of anilines is 1. The van der Waals surface area contributed by atoms with E-state index in [1.807, 2.05) is 0 Å². The summed E-state index contributed by atoms with van der Waals surface area (Å²) in [6.07, 6.45) is 3.03. The molecule has 0 heterocycles. The predicted molar refractivity (Wildman–Crippen MR) is 88.0 cm³/mol. The molecule has 4 nitrogen and oxygen atoms in total. The Labute approximate surface area is 134 Å². The topological polar surface area (TPSA) is 58.2 Å². The highest BCUT2D eigenvalue weighted by molar-refractivity contribution is 5.92. The molecule has 0 bridgehead atoms. The first-order chi connectivity index (χ1) is 11.0. The van der Waals surface area contributed by atoms with Crippen LogP contribution >= 0.6 is 0 Å². The van der Waals surface area contributed by atoms with Gasteiger partial charge in [0.2, 0.25) is 11.8 Å². The van der Waals surface area contributed by atoms with Gasteiger partial charge in [-0.3, -0.25) is 9.59 Å². The molecule has 2 rings (SSSR count). The zero-order valence-electron chi connectivity index (χ0n) is 12.7. The summed E-state index contributed by atoms with van der Waals surface area (Å²) in [7, 11) is 0. The van der Waals surface area contributed by atoms with Crippen molar-refractivity contribution >= 4 is 23.6 Å². The molecule has 118 valence electrons.